The molecule has 0 aliphatic carbocycles. The Hall–Kier alpha value is -1.77. The van der Waals surface area contributed by atoms with Crippen LogP contribution in [-0.4, -0.2) is 11.1 Å². The summed E-state index contributed by atoms with van der Waals surface area (Å²) < 4.78 is 4.71. The molecule has 1 aromatic rings. The third-order valence-corrected chi connectivity index (χ3v) is 1.83. The molecule has 1 aromatic carbocycles. The Bertz CT molecular complexity index is 362. The zero-order chi connectivity index (χ0) is 11.3. The van der Waals surface area contributed by atoms with Gasteiger partial charge in [-0.05, 0) is 19.4 Å². The number of carbonyl (C=O) groups excluding carboxylic acids is 1. The molecule has 1 N–H and O–H groups in total. The first-order valence-corrected chi connectivity index (χ1v) is 4.70. The molecule has 0 fully saturated rings. The Morgan fingerprint density at radius 3 is 2.40 bits per heavy atom. The van der Waals surface area contributed by atoms with Crippen molar-refractivity contribution in [2.45, 2.75) is 20.3 Å². The van der Waals surface area contributed by atoms with Crippen molar-refractivity contribution < 1.29 is 14.6 Å². The second-order valence-corrected chi connectivity index (χ2v) is 3.44. The summed E-state index contributed by atoms with van der Waals surface area (Å²) in [5, 5.41) is 9.21. The van der Waals surface area contributed by atoms with E-state index < -0.39 is 5.97 Å². The molecule has 0 aromatic heterocycles. The van der Waals surface area contributed by atoms with Crippen LogP contribution in [0.25, 0.3) is 0 Å². The molecule has 0 aliphatic rings. The van der Waals surface area contributed by atoms with E-state index >= 15 is 0 Å². The van der Waals surface area contributed by atoms with E-state index in [0.717, 1.165) is 5.56 Å². The molecule has 0 saturated heterocycles. The molecule has 3 nitrogen and oxygen atoms in total. The summed E-state index contributed by atoms with van der Waals surface area (Å²) in [5.74, 6) is -0.768. The van der Waals surface area contributed by atoms with E-state index in [2.05, 4.69) is 0 Å². The molecule has 0 saturated carbocycles. The van der Waals surface area contributed by atoms with Crippen LogP contribution in [-0.2, 0) is 16.0 Å². The zero-order valence-electron chi connectivity index (χ0n) is 8.86. The van der Waals surface area contributed by atoms with E-state index in [1.807, 2.05) is 30.3 Å². The highest BCUT2D eigenvalue weighted by Gasteiger charge is 2.07. The van der Waals surface area contributed by atoms with Gasteiger partial charge < -0.3 is 9.84 Å². The maximum atomic E-state index is 11.3. The fourth-order valence-corrected chi connectivity index (χ4v) is 1.01. The van der Waals surface area contributed by atoms with Crippen LogP contribution < -0.4 is 0 Å². The normalized spacial score (nSPS) is 9.47. The van der Waals surface area contributed by atoms with E-state index in [0.29, 0.717) is 5.57 Å². The zero-order valence-corrected chi connectivity index (χ0v) is 8.86. The summed E-state index contributed by atoms with van der Waals surface area (Å²) in [5.41, 5.74) is 1.44. The number of carbonyl (C=O) groups is 1. The van der Waals surface area contributed by atoms with E-state index in [-0.39, 0.29) is 12.4 Å². The molecule has 0 radical (unpaired) electrons. The number of aliphatic hydroxyl groups excluding tert-OH is 1. The lowest BCUT2D eigenvalue weighted by Crippen LogP contribution is -2.08. The fraction of sp³-hybridized carbons (Fsp3) is 0.250. The minimum atomic E-state index is -0.458. The first-order chi connectivity index (χ1) is 7.09. The molecule has 0 heterocycles. The van der Waals surface area contributed by atoms with Crippen LogP contribution in [0.3, 0.4) is 0 Å². The van der Waals surface area contributed by atoms with Gasteiger partial charge in [0.25, 0.3) is 5.95 Å². The van der Waals surface area contributed by atoms with Gasteiger partial charge in [0.15, 0.2) is 0 Å². The maximum Gasteiger partial charge on any atom is 0.318 e. The van der Waals surface area contributed by atoms with Gasteiger partial charge in [-0.2, -0.15) is 0 Å². The molecule has 0 bridgehead atoms. The Balaban J connectivity index is 2.55. The van der Waals surface area contributed by atoms with Crippen LogP contribution in [0.5, 0.6) is 0 Å². The predicted molar refractivity (Wildman–Crippen MR) is 57.2 cm³/mol. The number of hydrogen-bond acceptors (Lipinski definition) is 3. The Labute approximate surface area is 89.0 Å². The Morgan fingerprint density at radius 1 is 1.27 bits per heavy atom. The number of benzene rings is 1. The first kappa shape index (κ1) is 11.3. The number of hydrogen-bond donors (Lipinski definition) is 1. The van der Waals surface area contributed by atoms with Crippen molar-refractivity contribution >= 4 is 5.97 Å². The second-order valence-electron chi connectivity index (χ2n) is 3.44. The number of ether oxygens (including phenoxy) is 1. The van der Waals surface area contributed by atoms with Gasteiger partial charge in [-0.3, -0.25) is 4.79 Å². The molecular formula is C12H14O3. The maximum absolute atomic E-state index is 11.3. The van der Waals surface area contributed by atoms with Gasteiger partial charge in [0.1, 0.15) is 0 Å². The van der Waals surface area contributed by atoms with Gasteiger partial charge >= 0.3 is 5.97 Å². The van der Waals surface area contributed by atoms with E-state index in [9.17, 15) is 9.90 Å². The smallest absolute Gasteiger partial charge is 0.318 e. The molecule has 0 atom stereocenters. The van der Waals surface area contributed by atoms with Gasteiger partial charge in [0.05, 0.1) is 6.42 Å². The second kappa shape index (κ2) is 5.20. The van der Waals surface area contributed by atoms with Crippen LogP contribution in [0.1, 0.15) is 19.4 Å². The van der Waals surface area contributed by atoms with Crippen LogP contribution in [0.15, 0.2) is 41.9 Å². The molecular weight excluding hydrogens is 192 g/mol. The predicted octanol–water partition coefficient (Wildman–Crippen LogP) is 2.58. The van der Waals surface area contributed by atoms with Crippen LogP contribution >= 0.6 is 0 Å². The van der Waals surface area contributed by atoms with E-state index in [4.69, 9.17) is 4.74 Å². The summed E-state index contributed by atoms with van der Waals surface area (Å²) in [6.45, 7) is 3.34. The summed E-state index contributed by atoms with van der Waals surface area (Å²) >= 11 is 0. The van der Waals surface area contributed by atoms with Gasteiger partial charge in [0, 0.05) is 5.57 Å². The summed E-state index contributed by atoms with van der Waals surface area (Å²) in [6, 6.07) is 9.25. The standard InChI is InChI=1S/C12H14O3/c1-9(2)12(14)15-11(13)8-10-6-4-3-5-7-10/h3-7,14H,8H2,1-2H3. The summed E-state index contributed by atoms with van der Waals surface area (Å²) in [4.78, 5) is 11.3. The number of esters is 1. The molecule has 0 spiro atoms. The van der Waals surface area contributed by atoms with Crippen molar-refractivity contribution in [1.29, 1.82) is 0 Å². The van der Waals surface area contributed by atoms with E-state index in [1.54, 1.807) is 13.8 Å². The molecule has 0 amide bonds. The van der Waals surface area contributed by atoms with Crippen molar-refractivity contribution in [2.24, 2.45) is 0 Å². The highest BCUT2D eigenvalue weighted by molar-refractivity contribution is 5.73. The third kappa shape index (κ3) is 3.85. The monoisotopic (exact) mass is 206 g/mol. The molecule has 3 heteroatoms. The minimum Gasteiger partial charge on any atom is -0.481 e. The first-order valence-electron chi connectivity index (χ1n) is 4.70. The van der Waals surface area contributed by atoms with Crippen LogP contribution in [0.4, 0.5) is 0 Å². The highest BCUT2D eigenvalue weighted by atomic mass is 16.6. The molecule has 0 unspecified atom stereocenters. The van der Waals surface area contributed by atoms with E-state index in [1.165, 1.54) is 0 Å². The summed E-state index contributed by atoms with van der Waals surface area (Å²) in [7, 11) is 0. The SMILES string of the molecule is CC(C)=C(O)OC(=O)Cc1ccccc1. The number of aliphatic hydroxyl groups is 1. The molecule has 15 heavy (non-hydrogen) atoms. The Morgan fingerprint density at radius 2 is 1.87 bits per heavy atom. The lowest BCUT2D eigenvalue weighted by atomic mass is 10.2. The largest absolute Gasteiger partial charge is 0.481 e. The van der Waals surface area contributed by atoms with Crippen LogP contribution in [0.2, 0.25) is 0 Å². The van der Waals surface area contributed by atoms with Crippen molar-refractivity contribution in [1.82, 2.24) is 0 Å². The lowest BCUT2D eigenvalue weighted by Gasteiger charge is -2.04. The van der Waals surface area contributed by atoms with Crippen molar-refractivity contribution in [3.05, 3.63) is 47.4 Å². The van der Waals surface area contributed by atoms with Gasteiger partial charge in [-0.1, -0.05) is 30.3 Å². The topological polar surface area (TPSA) is 46.5 Å². The average molecular weight is 206 g/mol. The number of rotatable bonds is 3. The van der Waals surface area contributed by atoms with Gasteiger partial charge in [-0.25, -0.2) is 0 Å². The third-order valence-electron chi connectivity index (χ3n) is 1.83. The van der Waals surface area contributed by atoms with Crippen molar-refractivity contribution in [2.75, 3.05) is 0 Å². The number of allylic oxidation sites excluding steroid dienone is 1. The van der Waals surface area contributed by atoms with Gasteiger partial charge in [-0.15, -0.1) is 0 Å². The molecule has 0 aliphatic heterocycles. The van der Waals surface area contributed by atoms with Gasteiger partial charge in [0.2, 0.25) is 0 Å². The molecule has 80 valence electrons. The fourth-order valence-electron chi connectivity index (χ4n) is 1.01. The highest BCUT2D eigenvalue weighted by Crippen LogP contribution is 2.05. The minimum absolute atomic E-state index is 0.165. The lowest BCUT2D eigenvalue weighted by molar-refractivity contribution is -0.142. The van der Waals surface area contributed by atoms with Crippen molar-refractivity contribution in [3.63, 3.8) is 0 Å². The van der Waals surface area contributed by atoms with Crippen LogP contribution in [0, 0.1) is 0 Å². The average Bonchev–Trinajstić information content (AvgIpc) is 2.18. The van der Waals surface area contributed by atoms with Crippen molar-refractivity contribution in [3.8, 4) is 0 Å². The Kier molecular flexibility index (Phi) is 3.92. The molecule has 1 rings (SSSR count). The summed E-state index contributed by atoms with van der Waals surface area (Å²) in [6.07, 6.45) is 0.165. The quantitative estimate of drug-likeness (QED) is 0.610.